The van der Waals surface area contributed by atoms with Gasteiger partial charge in [0.1, 0.15) is 0 Å². The maximum absolute atomic E-state index is 12.7. The molecule has 4 nitrogen and oxygen atoms in total. The van der Waals surface area contributed by atoms with E-state index in [1.165, 1.54) is 6.07 Å². The van der Waals surface area contributed by atoms with Gasteiger partial charge in [0.15, 0.2) is 0 Å². The van der Waals surface area contributed by atoms with E-state index >= 15 is 0 Å². The first-order chi connectivity index (χ1) is 11.8. The standard InChI is InChI=1S/C18H17F3N2O2/c1-12(13-6-3-2-4-7-13)23-16(24)11-22-17(25)14-8-5-9-15(10-14)18(19,20)21/h2-10,12H,11H2,1H3,(H,22,25)(H,23,24)/t12-/m0/s1. The zero-order valence-corrected chi connectivity index (χ0v) is 13.4. The monoisotopic (exact) mass is 350 g/mol. The molecule has 2 amide bonds. The number of hydrogen-bond donors (Lipinski definition) is 2. The second kappa shape index (κ2) is 7.83. The van der Waals surface area contributed by atoms with Crippen LogP contribution in [-0.4, -0.2) is 18.4 Å². The predicted molar refractivity (Wildman–Crippen MR) is 86.8 cm³/mol. The number of carbonyl (C=O) groups is 2. The first-order valence-electron chi connectivity index (χ1n) is 7.57. The molecule has 0 aliphatic carbocycles. The maximum atomic E-state index is 12.7. The van der Waals surface area contributed by atoms with Crippen molar-refractivity contribution in [3.8, 4) is 0 Å². The molecule has 0 aliphatic heterocycles. The third kappa shape index (κ3) is 5.34. The van der Waals surface area contributed by atoms with Crippen molar-refractivity contribution >= 4 is 11.8 Å². The van der Waals surface area contributed by atoms with E-state index in [2.05, 4.69) is 10.6 Å². The van der Waals surface area contributed by atoms with Crippen molar-refractivity contribution in [3.05, 3.63) is 71.3 Å². The molecule has 0 spiro atoms. The second-order valence-corrected chi connectivity index (χ2v) is 5.46. The first kappa shape index (κ1) is 18.5. The van der Waals surface area contributed by atoms with Crippen LogP contribution in [0.2, 0.25) is 0 Å². The van der Waals surface area contributed by atoms with Crippen molar-refractivity contribution in [1.29, 1.82) is 0 Å². The topological polar surface area (TPSA) is 58.2 Å². The minimum absolute atomic E-state index is 0.154. The number of nitrogens with one attached hydrogen (secondary N) is 2. The van der Waals surface area contributed by atoms with Gasteiger partial charge in [0, 0.05) is 5.56 Å². The van der Waals surface area contributed by atoms with E-state index in [0.717, 1.165) is 23.8 Å². The van der Waals surface area contributed by atoms with E-state index in [-0.39, 0.29) is 18.2 Å². The lowest BCUT2D eigenvalue weighted by molar-refractivity contribution is -0.137. The first-order valence-corrected chi connectivity index (χ1v) is 7.57. The maximum Gasteiger partial charge on any atom is 0.416 e. The van der Waals surface area contributed by atoms with E-state index in [9.17, 15) is 22.8 Å². The van der Waals surface area contributed by atoms with Crippen LogP contribution in [0.1, 0.15) is 34.5 Å². The molecule has 132 valence electrons. The normalized spacial score (nSPS) is 12.3. The van der Waals surface area contributed by atoms with Crippen LogP contribution >= 0.6 is 0 Å². The smallest absolute Gasteiger partial charge is 0.348 e. The molecule has 2 aromatic carbocycles. The molecule has 0 fully saturated rings. The fraction of sp³-hybridized carbons (Fsp3) is 0.222. The van der Waals surface area contributed by atoms with Crippen LogP contribution in [0.4, 0.5) is 13.2 Å². The lowest BCUT2D eigenvalue weighted by Crippen LogP contribution is -2.38. The molecule has 0 saturated carbocycles. The van der Waals surface area contributed by atoms with E-state index in [1.54, 1.807) is 6.92 Å². The Bertz CT molecular complexity index is 745. The average molecular weight is 350 g/mol. The van der Waals surface area contributed by atoms with Crippen molar-refractivity contribution in [2.75, 3.05) is 6.54 Å². The van der Waals surface area contributed by atoms with Crippen LogP contribution in [0, 0.1) is 0 Å². The molecule has 0 unspecified atom stereocenters. The molecule has 25 heavy (non-hydrogen) atoms. The summed E-state index contributed by atoms with van der Waals surface area (Å²) < 4.78 is 38.0. The van der Waals surface area contributed by atoms with Crippen molar-refractivity contribution in [1.82, 2.24) is 10.6 Å². The summed E-state index contributed by atoms with van der Waals surface area (Å²) in [5.41, 5.74) is -0.166. The summed E-state index contributed by atoms with van der Waals surface area (Å²) in [4.78, 5) is 23.8. The predicted octanol–water partition coefficient (Wildman–Crippen LogP) is 3.31. The lowest BCUT2D eigenvalue weighted by Gasteiger charge is -2.14. The van der Waals surface area contributed by atoms with Gasteiger partial charge >= 0.3 is 6.18 Å². The van der Waals surface area contributed by atoms with E-state index in [1.807, 2.05) is 30.3 Å². The largest absolute Gasteiger partial charge is 0.416 e. The molecular weight excluding hydrogens is 333 g/mol. The average Bonchev–Trinajstić information content (AvgIpc) is 2.59. The number of rotatable bonds is 5. The molecular formula is C18H17F3N2O2. The number of hydrogen-bond acceptors (Lipinski definition) is 2. The van der Waals surface area contributed by atoms with Gasteiger partial charge in [-0.25, -0.2) is 0 Å². The number of benzene rings is 2. The quantitative estimate of drug-likeness (QED) is 0.869. The van der Waals surface area contributed by atoms with Gasteiger partial charge in [0.25, 0.3) is 5.91 Å². The van der Waals surface area contributed by atoms with Gasteiger partial charge in [0.2, 0.25) is 5.91 Å². The Morgan fingerprint density at radius 2 is 1.72 bits per heavy atom. The fourth-order valence-corrected chi connectivity index (χ4v) is 2.22. The summed E-state index contributed by atoms with van der Waals surface area (Å²) in [5.74, 6) is -1.18. The number of halogens is 3. The van der Waals surface area contributed by atoms with Gasteiger partial charge in [0.05, 0.1) is 18.2 Å². The third-order valence-electron chi connectivity index (χ3n) is 3.54. The van der Waals surface area contributed by atoms with Crippen LogP contribution in [0.3, 0.4) is 0 Å². The fourth-order valence-electron chi connectivity index (χ4n) is 2.22. The Morgan fingerprint density at radius 1 is 1.04 bits per heavy atom. The second-order valence-electron chi connectivity index (χ2n) is 5.46. The molecule has 2 rings (SSSR count). The Kier molecular flexibility index (Phi) is 5.80. The summed E-state index contributed by atoms with van der Waals surface area (Å²) in [7, 11) is 0. The van der Waals surface area contributed by atoms with Gasteiger partial charge in [-0.2, -0.15) is 13.2 Å². The highest BCUT2D eigenvalue weighted by molar-refractivity contribution is 5.96. The van der Waals surface area contributed by atoms with Gasteiger partial charge in [-0.05, 0) is 30.7 Å². The number of alkyl halides is 3. The molecule has 0 aliphatic rings. The SMILES string of the molecule is C[C@H](NC(=O)CNC(=O)c1cccc(C(F)(F)F)c1)c1ccccc1. The van der Waals surface area contributed by atoms with E-state index < -0.39 is 23.6 Å². The van der Waals surface area contributed by atoms with Crippen molar-refractivity contribution in [2.24, 2.45) is 0 Å². The van der Waals surface area contributed by atoms with E-state index in [0.29, 0.717) is 0 Å². The minimum atomic E-state index is -4.53. The van der Waals surface area contributed by atoms with Gasteiger partial charge in [-0.3, -0.25) is 9.59 Å². The molecule has 7 heteroatoms. The summed E-state index contributed by atoms with van der Waals surface area (Å²) in [6, 6.07) is 13.0. The Hall–Kier alpha value is -2.83. The molecule has 0 heterocycles. The molecule has 0 bridgehead atoms. The lowest BCUT2D eigenvalue weighted by atomic mass is 10.1. The molecule has 2 N–H and O–H groups in total. The van der Waals surface area contributed by atoms with Gasteiger partial charge < -0.3 is 10.6 Å². The Morgan fingerprint density at radius 3 is 2.36 bits per heavy atom. The van der Waals surface area contributed by atoms with Crippen LogP contribution < -0.4 is 10.6 Å². The van der Waals surface area contributed by atoms with Gasteiger partial charge in [-0.15, -0.1) is 0 Å². The zero-order valence-electron chi connectivity index (χ0n) is 13.4. The van der Waals surface area contributed by atoms with Crippen LogP contribution in [-0.2, 0) is 11.0 Å². The van der Waals surface area contributed by atoms with Crippen LogP contribution in [0.15, 0.2) is 54.6 Å². The Labute approximate surface area is 143 Å². The molecule has 1 atom stereocenters. The summed E-state index contributed by atoms with van der Waals surface area (Å²) in [6.45, 7) is 1.47. The van der Waals surface area contributed by atoms with Crippen molar-refractivity contribution in [3.63, 3.8) is 0 Å². The number of carbonyl (C=O) groups excluding carboxylic acids is 2. The van der Waals surface area contributed by atoms with Gasteiger partial charge in [-0.1, -0.05) is 36.4 Å². The number of amides is 2. The highest BCUT2D eigenvalue weighted by Crippen LogP contribution is 2.29. The highest BCUT2D eigenvalue weighted by atomic mass is 19.4. The summed E-state index contributed by atoms with van der Waals surface area (Å²) in [5, 5.41) is 5.02. The third-order valence-corrected chi connectivity index (χ3v) is 3.54. The molecule has 0 radical (unpaired) electrons. The molecule has 2 aromatic rings. The molecule has 0 aromatic heterocycles. The van der Waals surface area contributed by atoms with E-state index in [4.69, 9.17) is 0 Å². The van der Waals surface area contributed by atoms with Crippen LogP contribution in [0.5, 0.6) is 0 Å². The zero-order chi connectivity index (χ0) is 18.4. The van der Waals surface area contributed by atoms with Crippen molar-refractivity contribution < 1.29 is 22.8 Å². The highest BCUT2D eigenvalue weighted by Gasteiger charge is 2.30. The van der Waals surface area contributed by atoms with Crippen molar-refractivity contribution in [2.45, 2.75) is 19.1 Å². The molecule has 0 saturated heterocycles. The van der Waals surface area contributed by atoms with Crippen LogP contribution in [0.25, 0.3) is 0 Å². The summed E-state index contributed by atoms with van der Waals surface area (Å²) >= 11 is 0. The minimum Gasteiger partial charge on any atom is -0.348 e. The summed E-state index contributed by atoms with van der Waals surface area (Å²) in [6.07, 6.45) is -4.53. The Balaban J connectivity index is 1.90.